The number of aromatic nitrogens is 2. The predicted octanol–water partition coefficient (Wildman–Crippen LogP) is 1.32. The zero-order valence-corrected chi connectivity index (χ0v) is 10.3. The summed E-state index contributed by atoms with van der Waals surface area (Å²) >= 11 is 0. The summed E-state index contributed by atoms with van der Waals surface area (Å²) in [7, 11) is 4.04. The van der Waals surface area contributed by atoms with Crippen molar-refractivity contribution in [2.45, 2.75) is 25.7 Å². The van der Waals surface area contributed by atoms with Crippen molar-refractivity contribution in [1.29, 1.82) is 0 Å². The Hall–Kier alpha value is -1.16. The molecule has 1 aliphatic heterocycles. The zero-order valence-electron chi connectivity index (χ0n) is 10.3. The Bertz CT molecular complexity index is 356. The molecule has 1 saturated heterocycles. The summed E-state index contributed by atoms with van der Waals surface area (Å²) < 4.78 is 0. The Labute approximate surface area is 97.1 Å². The Morgan fingerprint density at radius 1 is 1.38 bits per heavy atom. The highest BCUT2D eigenvalue weighted by molar-refractivity contribution is 5.38. The molecule has 0 aromatic carbocycles. The standard InChI is InChI=1S/C12H20N4/c1-9-14-11(7-12(15-9)16(2)3)10-5-4-6-13-8-10/h7,10,13H,4-6,8H2,1-3H3. The number of anilines is 1. The Morgan fingerprint density at radius 2 is 2.19 bits per heavy atom. The maximum Gasteiger partial charge on any atom is 0.132 e. The van der Waals surface area contributed by atoms with Gasteiger partial charge in [0.15, 0.2) is 0 Å². The summed E-state index contributed by atoms with van der Waals surface area (Å²) in [5, 5.41) is 3.43. The predicted molar refractivity (Wildman–Crippen MR) is 65.9 cm³/mol. The normalized spacial score (nSPS) is 20.8. The largest absolute Gasteiger partial charge is 0.363 e. The van der Waals surface area contributed by atoms with Crippen molar-refractivity contribution in [1.82, 2.24) is 15.3 Å². The van der Waals surface area contributed by atoms with Gasteiger partial charge in [-0.25, -0.2) is 9.97 Å². The number of rotatable bonds is 2. The molecule has 1 fully saturated rings. The number of piperidine rings is 1. The molecule has 2 heterocycles. The minimum atomic E-state index is 0.550. The molecule has 1 unspecified atom stereocenters. The van der Waals surface area contributed by atoms with Crippen LogP contribution in [0.3, 0.4) is 0 Å². The van der Waals surface area contributed by atoms with Crippen LogP contribution in [0, 0.1) is 6.92 Å². The number of nitrogens with zero attached hydrogens (tertiary/aromatic N) is 3. The third-order valence-electron chi connectivity index (χ3n) is 3.02. The second-order valence-electron chi connectivity index (χ2n) is 4.64. The monoisotopic (exact) mass is 220 g/mol. The number of hydrogen-bond donors (Lipinski definition) is 1. The van der Waals surface area contributed by atoms with Gasteiger partial charge in [-0.05, 0) is 26.3 Å². The van der Waals surface area contributed by atoms with Crippen LogP contribution in [0.15, 0.2) is 6.07 Å². The van der Waals surface area contributed by atoms with Gasteiger partial charge in [-0.1, -0.05) is 0 Å². The molecule has 0 saturated carbocycles. The lowest BCUT2D eigenvalue weighted by Gasteiger charge is -2.23. The fourth-order valence-corrected chi connectivity index (χ4v) is 2.12. The summed E-state index contributed by atoms with van der Waals surface area (Å²) in [6.45, 7) is 4.15. The lowest BCUT2D eigenvalue weighted by Crippen LogP contribution is -2.29. The maximum absolute atomic E-state index is 4.56. The highest BCUT2D eigenvalue weighted by Crippen LogP contribution is 2.23. The molecule has 1 atom stereocenters. The first-order chi connectivity index (χ1) is 7.66. The van der Waals surface area contributed by atoms with Gasteiger partial charge in [0.05, 0.1) is 5.69 Å². The SMILES string of the molecule is Cc1nc(C2CCCNC2)cc(N(C)C)n1. The van der Waals surface area contributed by atoms with Crippen LogP contribution in [0.5, 0.6) is 0 Å². The molecule has 2 rings (SSSR count). The molecule has 0 radical (unpaired) electrons. The molecule has 88 valence electrons. The van der Waals surface area contributed by atoms with E-state index in [9.17, 15) is 0 Å². The van der Waals surface area contributed by atoms with Crippen molar-refractivity contribution in [3.8, 4) is 0 Å². The first kappa shape index (κ1) is 11.3. The van der Waals surface area contributed by atoms with Crippen molar-refractivity contribution in [2.24, 2.45) is 0 Å². The van der Waals surface area contributed by atoms with E-state index in [0.717, 1.165) is 24.7 Å². The maximum atomic E-state index is 4.56. The van der Waals surface area contributed by atoms with Crippen molar-refractivity contribution >= 4 is 5.82 Å². The Balaban J connectivity index is 2.25. The van der Waals surface area contributed by atoms with Crippen LogP contribution in [-0.4, -0.2) is 37.2 Å². The minimum absolute atomic E-state index is 0.550. The fraction of sp³-hybridized carbons (Fsp3) is 0.667. The average Bonchev–Trinajstić information content (AvgIpc) is 2.29. The van der Waals surface area contributed by atoms with Crippen molar-refractivity contribution in [3.05, 3.63) is 17.6 Å². The topological polar surface area (TPSA) is 41.1 Å². The highest BCUT2D eigenvalue weighted by Gasteiger charge is 2.17. The number of nitrogens with one attached hydrogen (secondary N) is 1. The van der Waals surface area contributed by atoms with Gasteiger partial charge in [0.25, 0.3) is 0 Å². The summed E-state index contributed by atoms with van der Waals surface area (Å²) in [4.78, 5) is 11.0. The van der Waals surface area contributed by atoms with E-state index in [4.69, 9.17) is 0 Å². The van der Waals surface area contributed by atoms with Crippen LogP contribution in [-0.2, 0) is 0 Å². The van der Waals surface area contributed by atoms with Crippen LogP contribution in [0.2, 0.25) is 0 Å². The molecule has 0 amide bonds. The summed E-state index contributed by atoms with van der Waals surface area (Å²) in [5.41, 5.74) is 1.18. The van der Waals surface area contributed by atoms with Crippen LogP contribution < -0.4 is 10.2 Å². The van der Waals surface area contributed by atoms with Gasteiger partial charge >= 0.3 is 0 Å². The molecule has 1 aromatic heterocycles. The molecule has 16 heavy (non-hydrogen) atoms. The van der Waals surface area contributed by atoms with Crippen molar-refractivity contribution in [2.75, 3.05) is 32.1 Å². The third kappa shape index (κ3) is 2.50. The average molecular weight is 220 g/mol. The zero-order chi connectivity index (χ0) is 11.5. The molecule has 1 aliphatic rings. The van der Waals surface area contributed by atoms with Crippen LogP contribution in [0.4, 0.5) is 5.82 Å². The van der Waals surface area contributed by atoms with Crippen LogP contribution in [0.1, 0.15) is 30.3 Å². The molecular weight excluding hydrogens is 200 g/mol. The number of hydrogen-bond acceptors (Lipinski definition) is 4. The number of aryl methyl sites for hydroxylation is 1. The lowest BCUT2D eigenvalue weighted by atomic mass is 9.96. The quantitative estimate of drug-likeness (QED) is 0.816. The smallest absolute Gasteiger partial charge is 0.132 e. The van der Waals surface area contributed by atoms with E-state index < -0.39 is 0 Å². The third-order valence-corrected chi connectivity index (χ3v) is 3.02. The van der Waals surface area contributed by atoms with Gasteiger partial charge in [-0.3, -0.25) is 0 Å². The van der Waals surface area contributed by atoms with Gasteiger partial charge in [-0.15, -0.1) is 0 Å². The van der Waals surface area contributed by atoms with Gasteiger partial charge in [-0.2, -0.15) is 0 Å². The van der Waals surface area contributed by atoms with E-state index in [-0.39, 0.29) is 0 Å². The van der Waals surface area contributed by atoms with E-state index >= 15 is 0 Å². The van der Waals surface area contributed by atoms with Gasteiger partial charge in [0.1, 0.15) is 11.6 Å². The van der Waals surface area contributed by atoms with E-state index in [1.165, 1.54) is 18.5 Å². The highest BCUT2D eigenvalue weighted by atomic mass is 15.1. The van der Waals surface area contributed by atoms with E-state index in [0.29, 0.717) is 5.92 Å². The second-order valence-corrected chi connectivity index (χ2v) is 4.64. The molecular formula is C12H20N4. The van der Waals surface area contributed by atoms with E-state index in [1.54, 1.807) is 0 Å². The van der Waals surface area contributed by atoms with Crippen molar-refractivity contribution in [3.63, 3.8) is 0 Å². The molecule has 4 heteroatoms. The molecule has 0 spiro atoms. The first-order valence-electron chi connectivity index (χ1n) is 5.90. The van der Waals surface area contributed by atoms with Crippen molar-refractivity contribution < 1.29 is 0 Å². The molecule has 0 bridgehead atoms. The van der Waals surface area contributed by atoms with Gasteiger partial charge in [0, 0.05) is 32.6 Å². The van der Waals surface area contributed by atoms with E-state index in [2.05, 4.69) is 21.4 Å². The van der Waals surface area contributed by atoms with Gasteiger partial charge in [0.2, 0.25) is 0 Å². The molecule has 4 nitrogen and oxygen atoms in total. The second kappa shape index (κ2) is 4.78. The summed E-state index contributed by atoms with van der Waals surface area (Å²) in [5.74, 6) is 2.42. The summed E-state index contributed by atoms with van der Waals surface area (Å²) in [6.07, 6.45) is 2.47. The first-order valence-corrected chi connectivity index (χ1v) is 5.90. The van der Waals surface area contributed by atoms with Crippen LogP contribution in [0.25, 0.3) is 0 Å². The Morgan fingerprint density at radius 3 is 2.81 bits per heavy atom. The Kier molecular flexibility index (Phi) is 3.39. The lowest BCUT2D eigenvalue weighted by molar-refractivity contribution is 0.453. The summed E-state index contributed by atoms with van der Waals surface area (Å²) in [6, 6.07) is 2.12. The molecule has 1 N–H and O–H groups in total. The van der Waals surface area contributed by atoms with Crippen LogP contribution >= 0.6 is 0 Å². The van der Waals surface area contributed by atoms with Gasteiger partial charge < -0.3 is 10.2 Å². The van der Waals surface area contributed by atoms with E-state index in [1.807, 2.05) is 25.9 Å². The minimum Gasteiger partial charge on any atom is -0.363 e. The molecule has 0 aliphatic carbocycles. The fourth-order valence-electron chi connectivity index (χ4n) is 2.12. The molecule has 1 aromatic rings.